The van der Waals surface area contributed by atoms with Crippen molar-refractivity contribution in [3.63, 3.8) is 0 Å². The highest BCUT2D eigenvalue weighted by Crippen LogP contribution is 2.15. The molecule has 282 valence electrons. The lowest BCUT2D eigenvalue weighted by Crippen LogP contribution is -2.45. The predicted octanol–water partition coefficient (Wildman–Crippen LogP) is 12.7. The van der Waals surface area contributed by atoms with E-state index in [1.54, 1.807) is 6.08 Å². The number of carbonyl (C=O) groups excluding carboxylic acids is 1. The summed E-state index contributed by atoms with van der Waals surface area (Å²) in [5.74, 6) is -0.123. The van der Waals surface area contributed by atoms with Gasteiger partial charge in [0, 0.05) is 6.42 Å². The molecule has 2 unspecified atom stereocenters. The molecule has 4 heteroatoms. The maximum atomic E-state index is 12.3. The first-order valence-corrected chi connectivity index (χ1v) is 20.7. The van der Waals surface area contributed by atoms with Crippen LogP contribution in [0.5, 0.6) is 0 Å². The third-order valence-electron chi connectivity index (χ3n) is 8.95. The smallest absolute Gasteiger partial charge is 0.220 e. The van der Waals surface area contributed by atoms with Crippen molar-refractivity contribution in [2.75, 3.05) is 6.61 Å². The fraction of sp³-hybridized carbons (Fsp3) is 0.711. The molecule has 4 nitrogen and oxygen atoms in total. The van der Waals surface area contributed by atoms with Gasteiger partial charge in [0.05, 0.1) is 18.8 Å². The molecular weight excluding hydrogens is 602 g/mol. The van der Waals surface area contributed by atoms with Gasteiger partial charge in [-0.15, -0.1) is 0 Å². The van der Waals surface area contributed by atoms with Gasteiger partial charge in [-0.2, -0.15) is 0 Å². The van der Waals surface area contributed by atoms with Crippen molar-refractivity contribution in [3.8, 4) is 0 Å². The van der Waals surface area contributed by atoms with Gasteiger partial charge in [0.15, 0.2) is 0 Å². The first-order valence-electron chi connectivity index (χ1n) is 20.7. The number of carbonyl (C=O) groups is 1. The molecule has 0 rings (SSSR count). The molecule has 0 radical (unpaired) electrons. The van der Waals surface area contributed by atoms with Crippen LogP contribution >= 0.6 is 0 Å². The van der Waals surface area contributed by atoms with Gasteiger partial charge in [-0.3, -0.25) is 4.79 Å². The Labute approximate surface area is 304 Å². The van der Waals surface area contributed by atoms with E-state index in [4.69, 9.17) is 0 Å². The SMILES string of the molecule is CC/C=C\C/C=C\C/C=C\C/C=C\C/C=C\CCCC(=O)NC(CO)C(O)/C=C/CCCCCCCCCCCCCCCCCCCC. The highest BCUT2D eigenvalue weighted by Gasteiger charge is 2.17. The number of hydrogen-bond donors (Lipinski definition) is 3. The molecule has 0 saturated carbocycles. The van der Waals surface area contributed by atoms with E-state index in [-0.39, 0.29) is 12.5 Å². The highest BCUT2D eigenvalue weighted by molar-refractivity contribution is 5.76. The Bertz CT molecular complexity index is 868. The number of aliphatic hydroxyl groups excluding tert-OH is 2. The first kappa shape index (κ1) is 46.8. The van der Waals surface area contributed by atoms with Crippen molar-refractivity contribution in [1.29, 1.82) is 0 Å². The first-order chi connectivity index (χ1) is 24.2. The van der Waals surface area contributed by atoms with Crippen molar-refractivity contribution in [2.45, 2.75) is 199 Å². The second-order valence-electron chi connectivity index (χ2n) is 13.7. The van der Waals surface area contributed by atoms with Gasteiger partial charge in [-0.05, 0) is 57.8 Å². The van der Waals surface area contributed by atoms with Crippen LogP contribution in [0.2, 0.25) is 0 Å². The lowest BCUT2D eigenvalue weighted by atomic mass is 10.0. The molecule has 49 heavy (non-hydrogen) atoms. The van der Waals surface area contributed by atoms with Crippen LogP contribution in [0.25, 0.3) is 0 Å². The van der Waals surface area contributed by atoms with Crippen molar-refractivity contribution in [1.82, 2.24) is 5.32 Å². The van der Waals surface area contributed by atoms with E-state index < -0.39 is 12.1 Å². The van der Waals surface area contributed by atoms with Gasteiger partial charge in [0.1, 0.15) is 0 Å². The van der Waals surface area contributed by atoms with Crippen LogP contribution in [0.15, 0.2) is 72.9 Å². The zero-order chi connectivity index (χ0) is 35.7. The number of allylic oxidation sites excluding steroid dienone is 11. The van der Waals surface area contributed by atoms with Crippen molar-refractivity contribution >= 4 is 5.91 Å². The van der Waals surface area contributed by atoms with Gasteiger partial charge in [-0.25, -0.2) is 0 Å². The fourth-order valence-electron chi connectivity index (χ4n) is 5.80. The Morgan fingerprint density at radius 2 is 0.898 bits per heavy atom. The maximum absolute atomic E-state index is 12.3. The zero-order valence-electron chi connectivity index (χ0n) is 32.2. The molecule has 0 aromatic carbocycles. The van der Waals surface area contributed by atoms with Gasteiger partial charge < -0.3 is 15.5 Å². The molecular formula is C45H79NO3. The molecule has 0 fully saturated rings. The molecule has 0 aromatic rings. The van der Waals surface area contributed by atoms with Crippen molar-refractivity contribution in [3.05, 3.63) is 72.9 Å². The zero-order valence-corrected chi connectivity index (χ0v) is 32.2. The van der Waals surface area contributed by atoms with Gasteiger partial charge >= 0.3 is 0 Å². The molecule has 0 aliphatic carbocycles. The predicted molar refractivity (Wildman–Crippen MR) is 216 cm³/mol. The molecule has 2 atom stereocenters. The van der Waals surface area contributed by atoms with E-state index >= 15 is 0 Å². The molecule has 0 spiro atoms. The molecule has 0 aliphatic rings. The number of hydrogen-bond acceptors (Lipinski definition) is 3. The van der Waals surface area contributed by atoms with Crippen LogP contribution in [0.4, 0.5) is 0 Å². The van der Waals surface area contributed by atoms with Crippen LogP contribution in [-0.4, -0.2) is 34.9 Å². The maximum Gasteiger partial charge on any atom is 0.220 e. The average molecular weight is 682 g/mol. The van der Waals surface area contributed by atoms with Crippen molar-refractivity contribution < 1.29 is 15.0 Å². The van der Waals surface area contributed by atoms with Gasteiger partial charge in [0.2, 0.25) is 5.91 Å². The van der Waals surface area contributed by atoms with Crippen LogP contribution in [0.1, 0.15) is 187 Å². The van der Waals surface area contributed by atoms with Crippen LogP contribution in [0.3, 0.4) is 0 Å². The van der Waals surface area contributed by atoms with Crippen molar-refractivity contribution in [2.24, 2.45) is 0 Å². The fourth-order valence-corrected chi connectivity index (χ4v) is 5.80. The Hall–Kier alpha value is -2.17. The van der Waals surface area contributed by atoms with E-state index in [1.807, 2.05) is 6.08 Å². The lowest BCUT2D eigenvalue weighted by Gasteiger charge is -2.19. The van der Waals surface area contributed by atoms with Crippen LogP contribution < -0.4 is 5.32 Å². The monoisotopic (exact) mass is 682 g/mol. The van der Waals surface area contributed by atoms with E-state index in [2.05, 4.69) is 79.9 Å². The van der Waals surface area contributed by atoms with Crippen LogP contribution in [-0.2, 0) is 4.79 Å². The number of nitrogens with one attached hydrogen (secondary N) is 1. The number of aliphatic hydroxyl groups is 2. The summed E-state index contributed by atoms with van der Waals surface area (Å²) in [6.07, 6.45) is 57.2. The minimum absolute atomic E-state index is 0.123. The third kappa shape index (κ3) is 36.9. The molecule has 0 saturated heterocycles. The minimum atomic E-state index is -0.865. The average Bonchev–Trinajstić information content (AvgIpc) is 3.10. The largest absolute Gasteiger partial charge is 0.394 e. The summed E-state index contributed by atoms with van der Waals surface area (Å²) in [7, 11) is 0. The lowest BCUT2D eigenvalue weighted by molar-refractivity contribution is -0.122. The molecule has 1 amide bonds. The third-order valence-corrected chi connectivity index (χ3v) is 8.95. The summed E-state index contributed by atoms with van der Waals surface area (Å²) in [5, 5.41) is 22.9. The highest BCUT2D eigenvalue weighted by atomic mass is 16.3. The Morgan fingerprint density at radius 3 is 1.33 bits per heavy atom. The van der Waals surface area contributed by atoms with Crippen LogP contribution in [0, 0.1) is 0 Å². The number of rotatable bonds is 36. The van der Waals surface area contributed by atoms with Gasteiger partial charge in [-0.1, -0.05) is 196 Å². The summed E-state index contributed by atoms with van der Waals surface area (Å²) < 4.78 is 0. The summed E-state index contributed by atoms with van der Waals surface area (Å²) in [5.41, 5.74) is 0. The molecule has 3 N–H and O–H groups in total. The second kappa shape index (κ2) is 40.3. The number of unbranched alkanes of at least 4 members (excludes halogenated alkanes) is 19. The molecule has 0 bridgehead atoms. The Balaban J connectivity index is 3.70. The molecule has 0 aromatic heterocycles. The quantitative estimate of drug-likeness (QED) is 0.0455. The Morgan fingerprint density at radius 1 is 0.510 bits per heavy atom. The van der Waals surface area contributed by atoms with E-state index in [1.165, 1.54) is 109 Å². The molecule has 0 aliphatic heterocycles. The molecule has 0 heterocycles. The van der Waals surface area contributed by atoms with Gasteiger partial charge in [0.25, 0.3) is 0 Å². The standard InChI is InChI=1S/C45H79NO3/c1-3-5-7-9-11-13-15-17-19-21-22-23-25-26-28-30-32-34-36-38-40-44(48)43(42-47)46-45(49)41-39-37-35-33-31-29-27-24-20-18-16-14-12-10-8-6-4-2/h6,8,12,14,18,20,27,29,33,35,38,40,43-44,47-48H,3-5,7,9-11,13,15-17,19,21-26,28,30-32,34,36-37,39,41-42H2,1-2H3,(H,46,49)/b8-6-,14-12-,20-18-,29-27-,35-33-,40-38+. The normalized spacial score (nSPS) is 13.8. The van der Waals surface area contributed by atoms with E-state index in [0.717, 1.165) is 57.8 Å². The summed E-state index contributed by atoms with van der Waals surface area (Å²) >= 11 is 0. The Kier molecular flexibility index (Phi) is 38.5. The summed E-state index contributed by atoms with van der Waals surface area (Å²) in [4.78, 5) is 12.3. The second-order valence-corrected chi connectivity index (χ2v) is 13.7. The minimum Gasteiger partial charge on any atom is -0.394 e. The van der Waals surface area contributed by atoms with E-state index in [9.17, 15) is 15.0 Å². The topological polar surface area (TPSA) is 69.6 Å². The van der Waals surface area contributed by atoms with E-state index in [0.29, 0.717) is 6.42 Å². The summed E-state index contributed by atoms with van der Waals surface area (Å²) in [6, 6.07) is -0.655. The summed E-state index contributed by atoms with van der Waals surface area (Å²) in [6.45, 7) is 4.16. The number of amides is 1.